The van der Waals surface area contributed by atoms with Crippen LogP contribution in [0.15, 0.2) is 44.1 Å². The average molecular weight is 565 g/mol. The summed E-state index contributed by atoms with van der Waals surface area (Å²) in [6.07, 6.45) is 2.04. The lowest BCUT2D eigenvalue weighted by Crippen LogP contribution is -2.45. The van der Waals surface area contributed by atoms with Crippen LogP contribution in [0.25, 0.3) is 0 Å². The van der Waals surface area contributed by atoms with Crippen molar-refractivity contribution in [2.45, 2.75) is 71.6 Å². The molecule has 2 heterocycles. The van der Waals surface area contributed by atoms with Crippen molar-refractivity contribution in [2.24, 2.45) is 10.1 Å². The third-order valence-corrected chi connectivity index (χ3v) is 6.42. The molecule has 2 amide bonds. The van der Waals surface area contributed by atoms with Gasteiger partial charge in [0, 0.05) is 11.8 Å². The monoisotopic (exact) mass is 564 g/mol. The largest absolute Gasteiger partial charge is 0.489 e. The highest BCUT2D eigenvalue weighted by Gasteiger charge is 2.40. The number of alkyl carbamates (subject to hydrolysis) is 1. The highest BCUT2D eigenvalue weighted by atomic mass is 32.2. The molecule has 1 aliphatic rings. The Morgan fingerprint density at radius 3 is 2.69 bits per heavy atom. The number of nitrogens with zero attached hydrogens (tertiary/aromatic N) is 2. The molecule has 0 unspecified atom stereocenters. The van der Waals surface area contributed by atoms with Crippen LogP contribution in [0, 0.1) is 0 Å². The minimum atomic E-state index is -1.14. The second-order valence-corrected chi connectivity index (χ2v) is 10.9. The van der Waals surface area contributed by atoms with Crippen molar-refractivity contribution in [3.63, 3.8) is 0 Å². The van der Waals surface area contributed by atoms with E-state index < -0.39 is 41.4 Å². The molecule has 0 spiro atoms. The number of ether oxygens (including phenoxy) is 2. The summed E-state index contributed by atoms with van der Waals surface area (Å²) in [7, 11) is 0. The van der Waals surface area contributed by atoms with Crippen LogP contribution >= 0.6 is 11.8 Å². The summed E-state index contributed by atoms with van der Waals surface area (Å²) in [6, 6.07) is 2.23. The van der Waals surface area contributed by atoms with Gasteiger partial charge in [-0.3, -0.25) is 9.79 Å². The standard InChI is InChI=1S/C26H36N4O8S/c1-8-10-18(19-12-17(35-11-9-2)13-20(31)36-19)28-23(33)26(7)15-39-22(29-26)16(3)30-38-21(32)14-27-24(34)37-25(4,5)6/h9,12-13,18H,2,8,10-11,14-15H2,1,3-7H3,(H,27,34)(H,28,33)/b30-16+/t18-,26+/m1/s1. The first kappa shape index (κ1) is 31.6. The van der Waals surface area contributed by atoms with Gasteiger partial charge in [0.1, 0.15) is 46.6 Å². The molecule has 0 fully saturated rings. The van der Waals surface area contributed by atoms with Crippen LogP contribution in [-0.4, -0.2) is 58.8 Å². The smallest absolute Gasteiger partial charge is 0.408 e. The molecule has 12 nitrogen and oxygen atoms in total. The van der Waals surface area contributed by atoms with Crippen LogP contribution in [0.1, 0.15) is 66.2 Å². The number of carbonyl (C=O) groups is 3. The van der Waals surface area contributed by atoms with Crippen molar-refractivity contribution >= 4 is 40.5 Å². The van der Waals surface area contributed by atoms with Crippen LogP contribution in [0.2, 0.25) is 0 Å². The van der Waals surface area contributed by atoms with Gasteiger partial charge in [-0.1, -0.05) is 31.2 Å². The predicted molar refractivity (Wildman–Crippen MR) is 148 cm³/mol. The van der Waals surface area contributed by atoms with Crippen molar-refractivity contribution in [1.29, 1.82) is 0 Å². The zero-order chi connectivity index (χ0) is 29.2. The maximum absolute atomic E-state index is 13.3. The molecule has 0 saturated carbocycles. The van der Waals surface area contributed by atoms with E-state index in [-0.39, 0.29) is 18.3 Å². The van der Waals surface area contributed by atoms with Crippen LogP contribution in [0.4, 0.5) is 4.79 Å². The van der Waals surface area contributed by atoms with Crippen molar-refractivity contribution in [3.05, 3.63) is 41.0 Å². The Bertz CT molecular complexity index is 1190. The Hall–Kier alpha value is -3.61. The first-order valence-electron chi connectivity index (χ1n) is 12.4. The molecule has 13 heteroatoms. The van der Waals surface area contributed by atoms with Gasteiger partial charge >= 0.3 is 17.7 Å². The van der Waals surface area contributed by atoms with E-state index in [2.05, 4.69) is 27.4 Å². The lowest BCUT2D eigenvalue weighted by atomic mass is 10.0. The molecule has 2 N–H and O–H groups in total. The van der Waals surface area contributed by atoms with Gasteiger partial charge in [-0.15, -0.1) is 11.8 Å². The van der Waals surface area contributed by atoms with E-state index in [0.29, 0.717) is 35.1 Å². The zero-order valence-corrected chi connectivity index (χ0v) is 23.9. The molecule has 39 heavy (non-hydrogen) atoms. The summed E-state index contributed by atoms with van der Waals surface area (Å²) in [5.41, 5.74) is -2.13. The zero-order valence-electron chi connectivity index (χ0n) is 23.1. The number of rotatable bonds is 12. The van der Waals surface area contributed by atoms with Crippen LogP contribution in [0.5, 0.6) is 5.75 Å². The van der Waals surface area contributed by atoms with Crippen molar-refractivity contribution in [2.75, 3.05) is 18.9 Å². The molecular weight excluding hydrogens is 528 g/mol. The third-order valence-electron chi connectivity index (χ3n) is 5.05. The number of nitrogens with one attached hydrogen (secondary N) is 2. The average Bonchev–Trinajstić information content (AvgIpc) is 3.26. The van der Waals surface area contributed by atoms with Gasteiger partial charge in [0.05, 0.1) is 12.1 Å². The van der Waals surface area contributed by atoms with Gasteiger partial charge in [0.2, 0.25) is 5.91 Å². The van der Waals surface area contributed by atoms with E-state index in [0.717, 1.165) is 0 Å². The number of aliphatic imine (C=N–C) groups is 1. The molecule has 0 saturated heterocycles. The van der Waals surface area contributed by atoms with Gasteiger partial charge in [0.25, 0.3) is 0 Å². The SMILES string of the molecule is C=CCOc1cc([C@@H](CCC)NC(=O)[C@]2(C)CSC(/C(C)=N/OC(=O)CNC(=O)OC(C)(C)C)=N2)oc(=O)c1. The number of carbonyl (C=O) groups excluding carboxylic acids is 3. The van der Waals surface area contributed by atoms with Crippen molar-refractivity contribution < 1.29 is 33.1 Å². The molecule has 2 atom stereocenters. The molecule has 0 radical (unpaired) electrons. The maximum Gasteiger partial charge on any atom is 0.408 e. The minimum Gasteiger partial charge on any atom is -0.489 e. The van der Waals surface area contributed by atoms with Gasteiger partial charge in [-0.2, -0.15) is 0 Å². The highest BCUT2D eigenvalue weighted by Crippen LogP contribution is 2.30. The van der Waals surface area contributed by atoms with Crippen LogP contribution in [-0.2, 0) is 19.2 Å². The van der Waals surface area contributed by atoms with Gasteiger partial charge in [-0.05, 0) is 41.0 Å². The number of hydrogen-bond donors (Lipinski definition) is 2. The molecule has 1 aromatic rings. The van der Waals surface area contributed by atoms with Crippen molar-refractivity contribution in [3.8, 4) is 5.75 Å². The summed E-state index contributed by atoms with van der Waals surface area (Å²) in [4.78, 5) is 58.3. The number of oxime groups is 1. The topological polar surface area (TPSA) is 158 Å². The van der Waals surface area contributed by atoms with E-state index in [1.807, 2.05) is 6.92 Å². The Morgan fingerprint density at radius 1 is 1.33 bits per heavy atom. The van der Waals surface area contributed by atoms with E-state index in [4.69, 9.17) is 18.7 Å². The van der Waals surface area contributed by atoms with Crippen molar-refractivity contribution in [1.82, 2.24) is 10.6 Å². The second kappa shape index (κ2) is 14.0. The van der Waals surface area contributed by atoms with Gasteiger partial charge in [-0.25, -0.2) is 14.4 Å². The molecule has 0 aromatic carbocycles. The summed E-state index contributed by atoms with van der Waals surface area (Å²) in [5, 5.41) is 9.44. The Morgan fingerprint density at radius 2 is 2.05 bits per heavy atom. The summed E-state index contributed by atoms with van der Waals surface area (Å²) >= 11 is 1.29. The molecule has 0 aliphatic carbocycles. The fraction of sp³-hybridized carbons (Fsp3) is 0.538. The molecular formula is C26H36N4O8S. The quantitative estimate of drug-likeness (QED) is 0.168. The summed E-state index contributed by atoms with van der Waals surface area (Å²) in [5.74, 6) is -0.246. The molecule has 1 aliphatic heterocycles. The van der Waals surface area contributed by atoms with Crippen LogP contribution in [0.3, 0.4) is 0 Å². The van der Waals surface area contributed by atoms with E-state index in [1.165, 1.54) is 17.8 Å². The fourth-order valence-electron chi connectivity index (χ4n) is 3.22. The normalized spacial score (nSPS) is 18.0. The van der Waals surface area contributed by atoms with Crippen LogP contribution < -0.4 is 21.0 Å². The lowest BCUT2D eigenvalue weighted by molar-refractivity contribution is -0.142. The fourth-order valence-corrected chi connectivity index (χ4v) is 4.35. The van der Waals surface area contributed by atoms with E-state index in [1.54, 1.807) is 46.8 Å². The third kappa shape index (κ3) is 10.2. The Labute approximate surface area is 231 Å². The van der Waals surface area contributed by atoms with E-state index >= 15 is 0 Å². The van der Waals surface area contributed by atoms with Gasteiger partial charge < -0.3 is 29.4 Å². The minimum absolute atomic E-state index is 0.219. The van der Waals surface area contributed by atoms with E-state index in [9.17, 15) is 19.2 Å². The first-order chi connectivity index (χ1) is 18.3. The predicted octanol–water partition coefficient (Wildman–Crippen LogP) is 3.51. The number of thioether (sulfide) groups is 1. The Kier molecular flexibility index (Phi) is 11.3. The molecule has 2 rings (SSSR count). The summed E-state index contributed by atoms with van der Waals surface area (Å²) < 4.78 is 15.9. The lowest BCUT2D eigenvalue weighted by Gasteiger charge is -2.24. The molecule has 1 aromatic heterocycles. The number of hydrogen-bond acceptors (Lipinski definition) is 11. The highest BCUT2D eigenvalue weighted by molar-refractivity contribution is 8.16. The first-order valence-corrected chi connectivity index (χ1v) is 13.4. The summed E-state index contributed by atoms with van der Waals surface area (Å²) in [6.45, 7) is 13.7. The van der Waals surface area contributed by atoms with Gasteiger partial charge in [0.15, 0.2) is 0 Å². The second-order valence-electron chi connectivity index (χ2n) is 9.90. The number of amides is 2. The molecule has 0 bridgehead atoms. The molecule has 214 valence electrons. The Balaban J connectivity index is 2.05. The maximum atomic E-state index is 13.3.